The van der Waals surface area contributed by atoms with Crippen LogP contribution in [0.1, 0.15) is 23.6 Å². The summed E-state index contributed by atoms with van der Waals surface area (Å²) in [5, 5.41) is 39.9. The molecule has 0 aromatic heterocycles. The Labute approximate surface area is 171 Å². The average molecular weight is 428 g/mol. The summed E-state index contributed by atoms with van der Waals surface area (Å²) in [4.78, 5) is 0. The Morgan fingerprint density at radius 3 is 2.23 bits per heavy atom. The lowest BCUT2D eigenvalue weighted by Crippen LogP contribution is -2.65. The van der Waals surface area contributed by atoms with Crippen LogP contribution in [0.4, 0.5) is 13.2 Å². The van der Waals surface area contributed by atoms with E-state index in [2.05, 4.69) is 0 Å². The molecule has 30 heavy (non-hydrogen) atoms. The minimum Gasteiger partial charge on any atom is -0.462 e. The fourth-order valence-electron chi connectivity index (χ4n) is 3.26. The molecule has 1 heterocycles. The van der Waals surface area contributed by atoms with Crippen molar-refractivity contribution in [2.75, 3.05) is 6.61 Å². The topological polar surface area (TPSA) is 99.4 Å². The van der Waals surface area contributed by atoms with Crippen molar-refractivity contribution in [2.24, 2.45) is 0 Å². The highest BCUT2D eigenvalue weighted by Gasteiger charge is 2.51. The summed E-state index contributed by atoms with van der Waals surface area (Å²) in [6.07, 6.45) is -10.3. The van der Waals surface area contributed by atoms with Crippen molar-refractivity contribution < 1.29 is 43.1 Å². The number of aliphatic hydroxyl groups is 4. The zero-order valence-electron chi connectivity index (χ0n) is 16.1. The predicted octanol–water partition coefficient (Wildman–Crippen LogP) is 1.86. The number of para-hydroxylation sites is 1. The number of alkyl halides is 3. The highest BCUT2D eigenvalue weighted by atomic mass is 19.4. The van der Waals surface area contributed by atoms with Crippen molar-refractivity contribution in [3.63, 3.8) is 0 Å². The summed E-state index contributed by atoms with van der Waals surface area (Å²) >= 11 is 0. The van der Waals surface area contributed by atoms with Crippen molar-refractivity contribution in [2.45, 2.75) is 49.7 Å². The number of rotatable bonds is 5. The van der Waals surface area contributed by atoms with E-state index in [1.54, 1.807) is 24.3 Å². The van der Waals surface area contributed by atoms with Gasteiger partial charge < -0.3 is 29.9 Å². The second-order valence-corrected chi connectivity index (χ2v) is 7.48. The fraction of sp³-hybridized carbons (Fsp3) is 0.429. The Morgan fingerprint density at radius 1 is 1.00 bits per heavy atom. The molecule has 6 nitrogen and oxygen atoms in total. The first-order valence-electron chi connectivity index (χ1n) is 9.29. The van der Waals surface area contributed by atoms with Crippen LogP contribution in [0.3, 0.4) is 0 Å². The lowest BCUT2D eigenvalue weighted by atomic mass is 9.89. The Bertz CT molecular complexity index is 857. The molecule has 0 aliphatic carbocycles. The van der Waals surface area contributed by atoms with Crippen molar-refractivity contribution in [1.82, 2.24) is 0 Å². The summed E-state index contributed by atoms with van der Waals surface area (Å²) in [6.45, 7) is 0.752. The van der Waals surface area contributed by atoms with E-state index in [9.17, 15) is 33.6 Å². The first-order valence-corrected chi connectivity index (χ1v) is 9.29. The standard InChI is InChI=1S/C21H23F3O6/c1-20(11-25)18(28)16(26)17(27)19(30-20)29-15-5-3-2-4-13(15)10-12-6-8-14(9-7-12)21(22,23)24/h2-9,16-19,25-28H,10-11H2,1H3/t16-,17-,18+,19-,20-/m1/s1. The van der Waals surface area contributed by atoms with E-state index in [0.29, 0.717) is 11.1 Å². The highest BCUT2D eigenvalue weighted by molar-refractivity contribution is 5.38. The van der Waals surface area contributed by atoms with Crippen LogP contribution in [0.2, 0.25) is 0 Å². The molecule has 0 radical (unpaired) electrons. The molecule has 2 aromatic rings. The van der Waals surface area contributed by atoms with Crippen molar-refractivity contribution >= 4 is 0 Å². The molecule has 2 aromatic carbocycles. The monoisotopic (exact) mass is 428 g/mol. The van der Waals surface area contributed by atoms with Gasteiger partial charge in [-0.05, 0) is 36.2 Å². The Balaban J connectivity index is 1.80. The highest BCUT2D eigenvalue weighted by Crippen LogP contribution is 2.33. The summed E-state index contributed by atoms with van der Waals surface area (Å²) in [5.41, 5.74) is -1.07. The predicted molar refractivity (Wildman–Crippen MR) is 99.7 cm³/mol. The van der Waals surface area contributed by atoms with Gasteiger partial charge in [0.1, 0.15) is 29.7 Å². The Kier molecular flexibility index (Phi) is 6.40. The maximum atomic E-state index is 12.7. The second-order valence-electron chi connectivity index (χ2n) is 7.48. The third-order valence-electron chi connectivity index (χ3n) is 5.17. The van der Waals surface area contributed by atoms with Crippen LogP contribution in [0, 0.1) is 0 Å². The largest absolute Gasteiger partial charge is 0.462 e. The minimum absolute atomic E-state index is 0.250. The fourth-order valence-corrected chi connectivity index (χ4v) is 3.26. The second kappa shape index (κ2) is 8.52. The van der Waals surface area contributed by atoms with Crippen LogP contribution in [0.25, 0.3) is 0 Å². The molecule has 0 saturated carbocycles. The molecular formula is C21H23F3O6. The van der Waals surface area contributed by atoms with Crippen LogP contribution < -0.4 is 4.74 Å². The van der Waals surface area contributed by atoms with Crippen LogP contribution in [-0.4, -0.2) is 57.2 Å². The van der Waals surface area contributed by atoms with Crippen LogP contribution in [0.5, 0.6) is 5.75 Å². The van der Waals surface area contributed by atoms with E-state index in [1.165, 1.54) is 19.1 Å². The molecule has 1 fully saturated rings. The van der Waals surface area contributed by atoms with Gasteiger partial charge in [-0.2, -0.15) is 13.2 Å². The molecule has 164 valence electrons. The Morgan fingerprint density at radius 2 is 1.63 bits per heavy atom. The third-order valence-corrected chi connectivity index (χ3v) is 5.17. The molecule has 3 rings (SSSR count). The molecule has 0 spiro atoms. The van der Waals surface area contributed by atoms with Crippen LogP contribution >= 0.6 is 0 Å². The van der Waals surface area contributed by atoms with E-state index >= 15 is 0 Å². The van der Waals surface area contributed by atoms with Gasteiger partial charge in [-0.15, -0.1) is 0 Å². The van der Waals surface area contributed by atoms with Crippen molar-refractivity contribution in [3.8, 4) is 5.75 Å². The maximum absolute atomic E-state index is 12.7. The number of benzene rings is 2. The first-order chi connectivity index (χ1) is 14.0. The molecule has 9 heteroatoms. The molecule has 1 saturated heterocycles. The van der Waals surface area contributed by atoms with E-state index in [4.69, 9.17) is 9.47 Å². The number of ether oxygens (including phenoxy) is 2. The van der Waals surface area contributed by atoms with Gasteiger partial charge in [0.05, 0.1) is 12.2 Å². The van der Waals surface area contributed by atoms with Gasteiger partial charge >= 0.3 is 6.18 Å². The molecule has 1 aliphatic rings. The smallest absolute Gasteiger partial charge is 0.416 e. The van der Waals surface area contributed by atoms with Gasteiger partial charge in [0.15, 0.2) is 0 Å². The summed E-state index contributed by atoms with van der Waals surface area (Å²) in [7, 11) is 0. The zero-order valence-corrected chi connectivity index (χ0v) is 16.1. The zero-order chi connectivity index (χ0) is 22.1. The SMILES string of the molecule is C[C@]1(CO)O[C@@H](Oc2ccccc2Cc2ccc(C(F)(F)F)cc2)[C@H](O)[C@@H](O)[C@@H]1O. The number of hydrogen-bond acceptors (Lipinski definition) is 6. The number of aliphatic hydroxyl groups excluding tert-OH is 4. The first kappa shape index (κ1) is 22.5. The van der Waals surface area contributed by atoms with Crippen molar-refractivity contribution in [1.29, 1.82) is 0 Å². The van der Waals surface area contributed by atoms with Crippen molar-refractivity contribution in [3.05, 3.63) is 65.2 Å². The maximum Gasteiger partial charge on any atom is 0.416 e. The molecular weight excluding hydrogens is 405 g/mol. The van der Waals surface area contributed by atoms with Gasteiger partial charge in [-0.3, -0.25) is 0 Å². The summed E-state index contributed by atoms with van der Waals surface area (Å²) in [5.74, 6) is 0.283. The quantitative estimate of drug-likeness (QED) is 0.580. The van der Waals surface area contributed by atoms with E-state index in [1.807, 2.05) is 0 Å². The van der Waals surface area contributed by atoms with Crippen LogP contribution in [-0.2, 0) is 17.3 Å². The van der Waals surface area contributed by atoms with Crippen LogP contribution in [0.15, 0.2) is 48.5 Å². The minimum atomic E-state index is -4.42. The van der Waals surface area contributed by atoms with Gasteiger partial charge in [0, 0.05) is 6.42 Å². The van der Waals surface area contributed by atoms with E-state index in [0.717, 1.165) is 12.1 Å². The molecule has 5 atom stereocenters. The van der Waals surface area contributed by atoms with Gasteiger partial charge in [0.25, 0.3) is 0 Å². The lowest BCUT2D eigenvalue weighted by molar-refractivity contribution is -0.313. The summed E-state index contributed by atoms with van der Waals surface area (Å²) in [6, 6.07) is 11.4. The molecule has 1 aliphatic heterocycles. The number of halogens is 3. The molecule has 0 amide bonds. The molecule has 0 unspecified atom stereocenters. The van der Waals surface area contributed by atoms with E-state index in [-0.39, 0.29) is 12.2 Å². The summed E-state index contributed by atoms with van der Waals surface area (Å²) < 4.78 is 49.5. The Hall–Kier alpha value is -2.17. The van der Waals surface area contributed by atoms with Gasteiger partial charge in [-0.1, -0.05) is 30.3 Å². The van der Waals surface area contributed by atoms with Gasteiger partial charge in [0.2, 0.25) is 6.29 Å². The normalized spacial score (nSPS) is 29.6. The average Bonchev–Trinajstić information content (AvgIpc) is 2.71. The molecule has 0 bridgehead atoms. The van der Waals surface area contributed by atoms with E-state index < -0.39 is 48.5 Å². The number of hydrogen-bond donors (Lipinski definition) is 4. The third kappa shape index (κ3) is 4.60. The lowest BCUT2D eigenvalue weighted by Gasteiger charge is -2.45. The van der Waals surface area contributed by atoms with Gasteiger partial charge in [-0.25, -0.2) is 0 Å². The molecule has 4 N–H and O–H groups in total.